The van der Waals surface area contributed by atoms with Gasteiger partial charge in [-0.2, -0.15) is 0 Å². The van der Waals surface area contributed by atoms with Gasteiger partial charge in [0.05, 0.1) is 17.1 Å². The van der Waals surface area contributed by atoms with Crippen LogP contribution in [0.25, 0.3) is 0 Å². The molecule has 0 aliphatic heterocycles. The predicted octanol–water partition coefficient (Wildman–Crippen LogP) is 4.11. The molecular formula is C14H18F2N2O2. The Kier molecular flexibility index (Phi) is 4.52. The second kappa shape index (κ2) is 6.15. The average molecular weight is 284 g/mol. The molecule has 2 unspecified atom stereocenters. The van der Waals surface area contributed by atoms with E-state index < -0.39 is 22.2 Å². The van der Waals surface area contributed by atoms with Crippen molar-refractivity contribution in [3.8, 4) is 0 Å². The third kappa shape index (κ3) is 3.23. The smallest absolute Gasteiger partial charge is 0.275 e. The molecule has 0 heterocycles. The van der Waals surface area contributed by atoms with Crippen LogP contribution in [0.1, 0.15) is 32.6 Å². The van der Waals surface area contributed by atoms with Crippen molar-refractivity contribution in [2.45, 2.75) is 32.6 Å². The van der Waals surface area contributed by atoms with Crippen LogP contribution >= 0.6 is 0 Å². The molecule has 1 aromatic carbocycles. The normalized spacial score (nSPS) is 22.6. The highest BCUT2D eigenvalue weighted by Gasteiger charge is 2.23. The van der Waals surface area contributed by atoms with E-state index in [1.54, 1.807) is 0 Å². The Labute approximate surface area is 116 Å². The minimum atomic E-state index is -0.917. The number of nitro groups is 1. The van der Waals surface area contributed by atoms with Crippen LogP contribution < -0.4 is 5.32 Å². The summed E-state index contributed by atoms with van der Waals surface area (Å²) >= 11 is 0. The van der Waals surface area contributed by atoms with Gasteiger partial charge in [-0.3, -0.25) is 10.1 Å². The molecule has 4 nitrogen and oxygen atoms in total. The second-order valence-electron chi connectivity index (χ2n) is 5.44. The van der Waals surface area contributed by atoms with Crippen molar-refractivity contribution in [1.82, 2.24) is 0 Å². The van der Waals surface area contributed by atoms with Crippen LogP contribution in [0.5, 0.6) is 0 Å². The molecule has 0 amide bonds. The van der Waals surface area contributed by atoms with Gasteiger partial charge in [-0.1, -0.05) is 26.2 Å². The minimum Gasteiger partial charge on any atom is -0.380 e. The zero-order valence-electron chi connectivity index (χ0n) is 11.4. The Balaban J connectivity index is 2.07. The number of nitro benzene ring substituents is 1. The van der Waals surface area contributed by atoms with E-state index in [4.69, 9.17) is 0 Å². The lowest BCUT2D eigenvalue weighted by Gasteiger charge is -2.29. The first kappa shape index (κ1) is 14.7. The van der Waals surface area contributed by atoms with E-state index in [1.807, 2.05) is 0 Å². The standard InChI is InChI=1S/C14H18F2N2O2/c1-9-4-2-3-5-10(9)8-17-14-12(15)6-11(18(19)20)7-13(14)16/h6-7,9-10,17H,2-5,8H2,1H3. The third-order valence-corrected chi connectivity index (χ3v) is 4.07. The third-order valence-electron chi connectivity index (χ3n) is 4.07. The van der Waals surface area contributed by atoms with E-state index >= 15 is 0 Å². The fourth-order valence-electron chi connectivity index (χ4n) is 2.76. The average Bonchev–Trinajstić information content (AvgIpc) is 2.39. The molecule has 1 saturated carbocycles. The summed E-state index contributed by atoms with van der Waals surface area (Å²) in [6.45, 7) is 2.64. The Hall–Kier alpha value is -1.72. The number of nitrogens with one attached hydrogen (secondary N) is 1. The number of rotatable bonds is 4. The highest BCUT2D eigenvalue weighted by Crippen LogP contribution is 2.31. The van der Waals surface area contributed by atoms with Gasteiger partial charge in [0.25, 0.3) is 5.69 Å². The lowest BCUT2D eigenvalue weighted by molar-refractivity contribution is -0.385. The summed E-state index contributed by atoms with van der Waals surface area (Å²) in [5.41, 5.74) is -0.843. The summed E-state index contributed by atoms with van der Waals surface area (Å²) in [6.07, 6.45) is 4.53. The summed E-state index contributed by atoms with van der Waals surface area (Å²) in [7, 11) is 0. The molecular weight excluding hydrogens is 266 g/mol. The Morgan fingerprint density at radius 2 is 1.90 bits per heavy atom. The number of hydrogen-bond donors (Lipinski definition) is 1. The number of halogens is 2. The second-order valence-corrected chi connectivity index (χ2v) is 5.44. The van der Waals surface area contributed by atoms with Crippen molar-refractivity contribution in [3.63, 3.8) is 0 Å². The maximum Gasteiger partial charge on any atom is 0.275 e. The summed E-state index contributed by atoms with van der Waals surface area (Å²) in [5.74, 6) is -0.918. The van der Waals surface area contributed by atoms with Crippen LogP contribution in [0.4, 0.5) is 20.2 Å². The molecule has 20 heavy (non-hydrogen) atoms. The van der Waals surface area contributed by atoms with Gasteiger partial charge in [-0.15, -0.1) is 0 Å². The van der Waals surface area contributed by atoms with Gasteiger partial charge < -0.3 is 5.32 Å². The topological polar surface area (TPSA) is 55.2 Å². The molecule has 0 saturated heterocycles. The fourth-order valence-corrected chi connectivity index (χ4v) is 2.76. The fraction of sp³-hybridized carbons (Fsp3) is 0.571. The summed E-state index contributed by atoms with van der Waals surface area (Å²) < 4.78 is 27.4. The van der Waals surface area contributed by atoms with Gasteiger partial charge in [-0.05, 0) is 18.3 Å². The van der Waals surface area contributed by atoms with E-state index in [2.05, 4.69) is 12.2 Å². The number of benzene rings is 1. The SMILES string of the molecule is CC1CCCCC1CNc1c(F)cc([N+](=O)[O-])cc1F. The molecule has 1 fully saturated rings. The van der Waals surface area contributed by atoms with Crippen molar-refractivity contribution >= 4 is 11.4 Å². The molecule has 0 aromatic heterocycles. The van der Waals surface area contributed by atoms with Crippen molar-refractivity contribution in [1.29, 1.82) is 0 Å². The Bertz CT molecular complexity index is 485. The number of non-ortho nitro benzene ring substituents is 1. The minimum absolute atomic E-state index is 0.270. The monoisotopic (exact) mass is 284 g/mol. The van der Waals surface area contributed by atoms with Gasteiger partial charge in [-0.25, -0.2) is 8.78 Å². The first-order valence-electron chi connectivity index (χ1n) is 6.86. The summed E-state index contributed by atoms with van der Waals surface area (Å²) in [5, 5.41) is 13.3. The van der Waals surface area contributed by atoms with Crippen LogP contribution in [-0.4, -0.2) is 11.5 Å². The molecule has 1 aromatic rings. The van der Waals surface area contributed by atoms with Crippen LogP contribution in [-0.2, 0) is 0 Å². The van der Waals surface area contributed by atoms with Gasteiger partial charge in [0.1, 0.15) is 5.69 Å². The van der Waals surface area contributed by atoms with Crippen LogP contribution in [0.2, 0.25) is 0 Å². The molecule has 0 spiro atoms. The lowest BCUT2D eigenvalue weighted by atomic mass is 9.80. The highest BCUT2D eigenvalue weighted by atomic mass is 19.1. The zero-order chi connectivity index (χ0) is 14.7. The molecule has 6 heteroatoms. The summed E-state index contributed by atoms with van der Waals surface area (Å²) in [6, 6.07) is 1.49. The lowest BCUT2D eigenvalue weighted by Crippen LogP contribution is -2.25. The van der Waals surface area contributed by atoms with E-state index in [1.165, 1.54) is 6.42 Å². The molecule has 0 bridgehead atoms. The summed E-state index contributed by atoms with van der Waals surface area (Å²) in [4.78, 5) is 9.71. The van der Waals surface area contributed by atoms with Gasteiger partial charge in [0.2, 0.25) is 0 Å². The van der Waals surface area contributed by atoms with Crippen molar-refractivity contribution in [3.05, 3.63) is 33.9 Å². The molecule has 2 rings (SSSR count). The molecule has 1 aliphatic carbocycles. The highest BCUT2D eigenvalue weighted by molar-refractivity contribution is 5.51. The molecule has 1 aliphatic rings. The Morgan fingerprint density at radius 3 is 2.45 bits per heavy atom. The Morgan fingerprint density at radius 1 is 1.30 bits per heavy atom. The molecule has 0 radical (unpaired) electrons. The van der Waals surface area contributed by atoms with Crippen LogP contribution in [0.3, 0.4) is 0 Å². The van der Waals surface area contributed by atoms with E-state index in [0.29, 0.717) is 18.4 Å². The van der Waals surface area contributed by atoms with E-state index in [-0.39, 0.29) is 5.69 Å². The first-order chi connectivity index (χ1) is 9.49. The molecule has 110 valence electrons. The van der Waals surface area contributed by atoms with E-state index in [0.717, 1.165) is 31.4 Å². The maximum atomic E-state index is 13.7. The maximum absolute atomic E-state index is 13.7. The van der Waals surface area contributed by atoms with Crippen LogP contribution in [0, 0.1) is 33.6 Å². The van der Waals surface area contributed by atoms with Gasteiger partial charge >= 0.3 is 0 Å². The number of nitrogens with zero attached hydrogens (tertiary/aromatic N) is 1. The molecule has 2 atom stereocenters. The van der Waals surface area contributed by atoms with Crippen LogP contribution in [0.15, 0.2) is 12.1 Å². The quantitative estimate of drug-likeness (QED) is 0.668. The van der Waals surface area contributed by atoms with E-state index in [9.17, 15) is 18.9 Å². The first-order valence-corrected chi connectivity index (χ1v) is 6.86. The predicted molar refractivity (Wildman–Crippen MR) is 72.6 cm³/mol. The van der Waals surface area contributed by atoms with Crippen molar-refractivity contribution in [2.75, 3.05) is 11.9 Å². The van der Waals surface area contributed by atoms with Crippen molar-refractivity contribution < 1.29 is 13.7 Å². The van der Waals surface area contributed by atoms with Crippen molar-refractivity contribution in [2.24, 2.45) is 11.8 Å². The zero-order valence-corrected chi connectivity index (χ0v) is 11.4. The number of hydrogen-bond acceptors (Lipinski definition) is 3. The van der Waals surface area contributed by atoms with Gasteiger partial charge in [0, 0.05) is 6.54 Å². The van der Waals surface area contributed by atoms with Gasteiger partial charge in [0.15, 0.2) is 11.6 Å². The number of anilines is 1. The molecule has 1 N–H and O–H groups in total. The largest absolute Gasteiger partial charge is 0.380 e.